The van der Waals surface area contributed by atoms with E-state index in [-0.39, 0.29) is 0 Å². The van der Waals surface area contributed by atoms with E-state index in [1.165, 1.54) is 0 Å². The van der Waals surface area contributed by atoms with Gasteiger partial charge < -0.3 is 9.67 Å². The molecule has 0 radical (unpaired) electrons. The molecule has 1 atom stereocenters. The second-order valence-electron chi connectivity index (χ2n) is 3.17. The molecule has 74 valence electrons. The summed E-state index contributed by atoms with van der Waals surface area (Å²) in [5, 5.41) is 11.3. The van der Waals surface area contributed by atoms with Crippen LogP contribution in [0.2, 0.25) is 5.02 Å². The van der Waals surface area contributed by atoms with Gasteiger partial charge in [0.1, 0.15) is 4.11 Å². The summed E-state index contributed by atoms with van der Waals surface area (Å²) in [6, 6.07) is 7.67. The number of fused-ring (bicyclic) bond motifs is 1. The van der Waals surface area contributed by atoms with Crippen molar-refractivity contribution in [2.24, 2.45) is 7.05 Å². The monoisotopic (exact) mass is 321 g/mol. The van der Waals surface area contributed by atoms with Gasteiger partial charge in [0.2, 0.25) is 0 Å². The van der Waals surface area contributed by atoms with Crippen molar-refractivity contribution in [3.05, 3.63) is 35.0 Å². The second kappa shape index (κ2) is 3.72. The van der Waals surface area contributed by atoms with Crippen LogP contribution in [0.3, 0.4) is 0 Å². The zero-order valence-corrected chi connectivity index (χ0v) is 10.5. The van der Waals surface area contributed by atoms with Crippen LogP contribution in [0.25, 0.3) is 10.9 Å². The van der Waals surface area contributed by atoms with E-state index in [0.29, 0.717) is 0 Å². The van der Waals surface area contributed by atoms with Crippen LogP contribution in [0, 0.1) is 0 Å². The van der Waals surface area contributed by atoms with Crippen molar-refractivity contribution in [2.75, 3.05) is 0 Å². The number of aliphatic hydroxyl groups is 1. The van der Waals surface area contributed by atoms with E-state index in [4.69, 9.17) is 11.6 Å². The van der Waals surface area contributed by atoms with Gasteiger partial charge in [0.25, 0.3) is 0 Å². The molecule has 14 heavy (non-hydrogen) atoms. The largest absolute Gasteiger partial charge is 0.377 e. The van der Waals surface area contributed by atoms with Crippen molar-refractivity contribution in [1.82, 2.24) is 4.57 Å². The van der Waals surface area contributed by atoms with Crippen LogP contribution in [-0.2, 0) is 7.05 Å². The molecule has 1 unspecified atom stereocenters. The summed E-state index contributed by atoms with van der Waals surface area (Å²) in [5.74, 6) is 0. The van der Waals surface area contributed by atoms with E-state index in [0.717, 1.165) is 21.6 Å². The lowest BCUT2D eigenvalue weighted by Gasteiger charge is -2.04. The van der Waals surface area contributed by atoms with Crippen LogP contribution in [-0.4, -0.2) is 9.67 Å². The van der Waals surface area contributed by atoms with Gasteiger partial charge in [-0.05, 0) is 46.9 Å². The summed E-state index contributed by atoms with van der Waals surface area (Å²) in [4.78, 5) is 0. The van der Waals surface area contributed by atoms with Crippen molar-refractivity contribution in [2.45, 2.75) is 4.11 Å². The number of hydrogen-bond acceptors (Lipinski definition) is 1. The minimum Gasteiger partial charge on any atom is -0.377 e. The average Bonchev–Trinajstić information content (AvgIpc) is 2.43. The normalized spacial score (nSPS) is 13.4. The van der Waals surface area contributed by atoms with Crippen LogP contribution in [0.4, 0.5) is 0 Å². The van der Waals surface area contributed by atoms with Crippen LogP contribution in [0.1, 0.15) is 9.80 Å². The fraction of sp³-hybridized carbons (Fsp3) is 0.200. The van der Waals surface area contributed by atoms with Gasteiger partial charge in [0, 0.05) is 23.0 Å². The number of aryl methyl sites for hydroxylation is 1. The molecule has 2 nitrogen and oxygen atoms in total. The molecule has 0 saturated carbocycles. The van der Waals surface area contributed by atoms with E-state index >= 15 is 0 Å². The number of rotatable bonds is 1. The van der Waals surface area contributed by atoms with Crippen LogP contribution in [0.15, 0.2) is 24.3 Å². The summed E-state index contributed by atoms with van der Waals surface area (Å²) >= 11 is 7.87. The second-order valence-corrected chi connectivity index (χ2v) is 4.78. The van der Waals surface area contributed by atoms with E-state index < -0.39 is 4.11 Å². The van der Waals surface area contributed by atoms with E-state index in [2.05, 4.69) is 0 Å². The molecule has 1 aromatic carbocycles. The van der Waals surface area contributed by atoms with Crippen molar-refractivity contribution < 1.29 is 5.11 Å². The number of aromatic nitrogens is 1. The molecule has 4 heteroatoms. The van der Waals surface area contributed by atoms with Crippen molar-refractivity contribution in [3.8, 4) is 0 Å². The zero-order valence-electron chi connectivity index (χ0n) is 7.54. The molecular weight excluding hydrogens is 312 g/mol. The fourth-order valence-corrected chi connectivity index (χ4v) is 2.35. The fourth-order valence-electron chi connectivity index (χ4n) is 1.57. The van der Waals surface area contributed by atoms with Gasteiger partial charge >= 0.3 is 0 Å². The van der Waals surface area contributed by atoms with E-state index in [1.54, 1.807) is 0 Å². The third kappa shape index (κ3) is 1.64. The topological polar surface area (TPSA) is 25.2 Å². The Labute approximate surface area is 101 Å². The van der Waals surface area contributed by atoms with Gasteiger partial charge in [-0.2, -0.15) is 0 Å². The van der Waals surface area contributed by atoms with Crippen LogP contribution in [0.5, 0.6) is 0 Å². The maximum Gasteiger partial charge on any atom is 0.145 e. The number of benzene rings is 1. The summed E-state index contributed by atoms with van der Waals surface area (Å²) in [6.45, 7) is 0. The van der Waals surface area contributed by atoms with E-state index in [9.17, 15) is 5.11 Å². The molecule has 0 fully saturated rings. The highest BCUT2D eigenvalue weighted by molar-refractivity contribution is 14.1. The summed E-state index contributed by atoms with van der Waals surface area (Å²) in [7, 11) is 1.94. The first kappa shape index (κ1) is 10.3. The van der Waals surface area contributed by atoms with Gasteiger partial charge in [-0.3, -0.25) is 0 Å². The molecule has 1 heterocycles. The van der Waals surface area contributed by atoms with Gasteiger partial charge in [-0.25, -0.2) is 0 Å². The first-order valence-corrected chi connectivity index (χ1v) is 5.79. The number of halogens is 2. The Morgan fingerprint density at radius 1 is 1.43 bits per heavy atom. The third-order valence-corrected chi connectivity index (χ3v) is 3.16. The Kier molecular flexibility index (Phi) is 2.72. The Balaban J connectivity index is 2.73. The number of aliphatic hydroxyl groups excluding tert-OH is 1. The third-order valence-electron chi connectivity index (χ3n) is 2.29. The maximum absolute atomic E-state index is 9.51. The average molecular weight is 322 g/mol. The molecular formula is C10H9ClINO. The molecule has 0 saturated heterocycles. The minimum absolute atomic E-state index is 0.483. The van der Waals surface area contributed by atoms with Gasteiger partial charge in [-0.1, -0.05) is 11.6 Å². The first-order valence-electron chi connectivity index (χ1n) is 4.16. The lowest BCUT2D eigenvalue weighted by atomic mass is 10.2. The zero-order chi connectivity index (χ0) is 10.3. The molecule has 1 N–H and O–H groups in total. The molecule has 0 aliphatic carbocycles. The number of nitrogens with zero attached hydrogens (tertiary/aromatic N) is 1. The number of hydrogen-bond donors (Lipinski definition) is 1. The van der Waals surface area contributed by atoms with Gasteiger partial charge in [0.05, 0.1) is 5.69 Å². The van der Waals surface area contributed by atoms with Crippen molar-refractivity contribution in [3.63, 3.8) is 0 Å². The summed E-state index contributed by atoms with van der Waals surface area (Å²) in [5.41, 5.74) is 1.97. The summed E-state index contributed by atoms with van der Waals surface area (Å²) in [6.07, 6.45) is 0. The molecule has 0 spiro atoms. The molecule has 0 aliphatic rings. The molecule has 2 rings (SSSR count). The van der Waals surface area contributed by atoms with Gasteiger partial charge in [0.15, 0.2) is 0 Å². The number of alkyl halides is 1. The molecule has 2 aromatic rings. The summed E-state index contributed by atoms with van der Waals surface area (Å²) < 4.78 is 1.49. The van der Waals surface area contributed by atoms with E-state index in [1.807, 2.05) is 58.5 Å². The Morgan fingerprint density at radius 3 is 2.79 bits per heavy atom. The lowest BCUT2D eigenvalue weighted by molar-refractivity contribution is 0.278. The predicted octanol–water partition coefficient (Wildman–Crippen LogP) is 3.26. The van der Waals surface area contributed by atoms with Crippen molar-refractivity contribution in [1.29, 1.82) is 0 Å². The Hall–Kier alpha value is -0.260. The molecule has 0 amide bonds. The van der Waals surface area contributed by atoms with Gasteiger partial charge in [-0.15, -0.1) is 0 Å². The molecule has 0 aliphatic heterocycles. The highest BCUT2D eigenvalue weighted by Gasteiger charge is 2.10. The first-order chi connectivity index (χ1) is 6.59. The predicted molar refractivity (Wildman–Crippen MR) is 66.9 cm³/mol. The lowest BCUT2D eigenvalue weighted by Crippen LogP contribution is -1.97. The maximum atomic E-state index is 9.51. The highest BCUT2D eigenvalue weighted by atomic mass is 127. The highest BCUT2D eigenvalue weighted by Crippen LogP contribution is 2.28. The quantitative estimate of drug-likeness (QED) is 0.633. The van der Waals surface area contributed by atoms with Crippen molar-refractivity contribution >= 4 is 45.1 Å². The van der Waals surface area contributed by atoms with Crippen LogP contribution < -0.4 is 0 Å². The molecule has 0 bridgehead atoms. The van der Waals surface area contributed by atoms with Crippen LogP contribution >= 0.6 is 34.2 Å². The Morgan fingerprint density at radius 2 is 2.14 bits per heavy atom. The minimum atomic E-state index is -0.483. The Bertz CT molecular complexity index is 478. The molecule has 1 aromatic heterocycles. The smallest absolute Gasteiger partial charge is 0.145 e. The SMILES string of the molecule is Cn1c(C(O)I)cc2cc(Cl)ccc21. The standard InChI is InChI=1S/C10H9ClINO/c1-13-8-3-2-7(11)4-6(8)5-9(13)10(12)14/h2-5,10,14H,1H3.